The molecule has 0 spiro atoms. The predicted molar refractivity (Wildman–Crippen MR) is 152 cm³/mol. The molecule has 40 heavy (non-hydrogen) atoms. The number of aromatic nitrogens is 2. The Morgan fingerprint density at radius 1 is 1.12 bits per heavy atom. The fraction of sp³-hybridized carbons (Fsp3) is 0.778. The number of likely N-dealkylation sites (tertiary alicyclic amines) is 1. The Morgan fingerprint density at radius 3 is 2.23 bits per heavy atom. The van der Waals surface area contributed by atoms with Crippen LogP contribution in [0.2, 0.25) is 0 Å². The monoisotopic (exact) mass is 580 g/mol. The highest BCUT2D eigenvalue weighted by Crippen LogP contribution is 2.36. The number of nitrogens with zero attached hydrogens (tertiary/aromatic N) is 3. The summed E-state index contributed by atoms with van der Waals surface area (Å²) in [7, 11) is -4.49. The Kier molecular flexibility index (Phi) is 9.63. The molecule has 3 heterocycles. The maximum Gasteiger partial charge on any atom is 0.498 e. The lowest BCUT2D eigenvalue weighted by Crippen LogP contribution is -2.56. The zero-order valence-electron chi connectivity index (χ0n) is 25.3. The number of ether oxygens (including phenoxy) is 1. The van der Waals surface area contributed by atoms with Crippen molar-refractivity contribution < 1.29 is 32.1 Å². The van der Waals surface area contributed by atoms with E-state index in [-0.39, 0.29) is 35.2 Å². The smallest absolute Gasteiger partial charge is 0.444 e. The van der Waals surface area contributed by atoms with Gasteiger partial charge in [-0.15, -0.1) is 0 Å². The van der Waals surface area contributed by atoms with Crippen LogP contribution in [0.1, 0.15) is 88.0 Å². The van der Waals surface area contributed by atoms with Crippen LogP contribution in [0.4, 0.5) is 4.79 Å². The third-order valence-corrected chi connectivity index (χ3v) is 9.23. The number of carbonyl (C=O) groups is 2. The van der Waals surface area contributed by atoms with Gasteiger partial charge in [0.2, 0.25) is 20.9 Å². The van der Waals surface area contributed by atoms with Crippen LogP contribution in [0.5, 0.6) is 0 Å². The number of rotatable bonds is 8. The fourth-order valence-corrected chi connectivity index (χ4v) is 5.88. The highest BCUT2D eigenvalue weighted by molar-refractivity contribution is 7.91. The Morgan fingerprint density at radius 2 is 1.70 bits per heavy atom. The van der Waals surface area contributed by atoms with Gasteiger partial charge in [-0.3, -0.25) is 4.79 Å². The Balaban J connectivity index is 1.67. The lowest BCUT2D eigenvalue weighted by atomic mass is 9.81. The number of sulfone groups is 1. The van der Waals surface area contributed by atoms with Crippen LogP contribution in [0.3, 0.4) is 0 Å². The molecule has 0 saturated carbocycles. The normalized spacial score (nSPS) is 21.8. The molecule has 1 N–H and O–H groups in total. The summed E-state index contributed by atoms with van der Waals surface area (Å²) in [5.74, 6) is -0.614. The maximum atomic E-state index is 13.6. The minimum absolute atomic E-state index is 0.179. The second-order valence-electron chi connectivity index (χ2n) is 13.0. The maximum absolute atomic E-state index is 13.6. The summed E-state index contributed by atoms with van der Waals surface area (Å²) in [4.78, 5) is 35.9. The number of nitrogens with one attached hydrogen (secondary N) is 1. The minimum atomic E-state index is -3.80. The van der Waals surface area contributed by atoms with Gasteiger partial charge in [0.05, 0.1) is 17.0 Å². The SMILES string of the molecule is CC(C)[C@@H](NC(=O)OC(C)(C)C)C(=O)N1CCCC[C@H]1CCS(=O)(=O)c1ncc(B2OC(C)(C)C(C)(C)O2)cn1. The van der Waals surface area contributed by atoms with Crippen molar-refractivity contribution in [3.63, 3.8) is 0 Å². The van der Waals surface area contributed by atoms with Crippen molar-refractivity contribution in [1.29, 1.82) is 0 Å². The third-order valence-electron chi connectivity index (χ3n) is 7.69. The first-order valence-electron chi connectivity index (χ1n) is 14.0. The van der Waals surface area contributed by atoms with E-state index in [9.17, 15) is 18.0 Å². The molecule has 0 bridgehead atoms. The lowest BCUT2D eigenvalue weighted by molar-refractivity contribution is -0.138. The van der Waals surface area contributed by atoms with Crippen LogP contribution in [-0.4, -0.2) is 83.6 Å². The number of piperidine rings is 1. The van der Waals surface area contributed by atoms with E-state index >= 15 is 0 Å². The highest BCUT2D eigenvalue weighted by Gasteiger charge is 2.52. The molecule has 2 saturated heterocycles. The van der Waals surface area contributed by atoms with Crippen molar-refractivity contribution in [2.45, 2.75) is 122 Å². The molecule has 2 aliphatic rings. The standard InChI is InChI=1S/C27H45BN4O7S/c1-18(2)21(31-24(34)37-25(3,4)5)22(33)32-14-11-10-12-20(32)13-15-40(35,36)23-29-16-19(17-30-23)28-38-26(6,7)27(8,9)39-28/h16-18,20-21H,10-15H2,1-9H3,(H,31,34)/t20-,21+/m0/s1. The van der Waals surface area contributed by atoms with Gasteiger partial charge in [0.15, 0.2) is 0 Å². The second kappa shape index (κ2) is 11.9. The van der Waals surface area contributed by atoms with Crippen LogP contribution in [0.25, 0.3) is 0 Å². The zero-order chi connectivity index (χ0) is 30.1. The molecule has 1 aromatic rings. The predicted octanol–water partition coefficient (Wildman–Crippen LogP) is 2.87. The van der Waals surface area contributed by atoms with Crippen LogP contribution in [0.15, 0.2) is 17.6 Å². The van der Waals surface area contributed by atoms with Crippen LogP contribution < -0.4 is 10.8 Å². The molecule has 13 heteroatoms. The van der Waals surface area contributed by atoms with E-state index < -0.39 is 45.9 Å². The van der Waals surface area contributed by atoms with Gasteiger partial charge in [0, 0.05) is 30.4 Å². The van der Waals surface area contributed by atoms with E-state index in [1.165, 1.54) is 12.4 Å². The van der Waals surface area contributed by atoms with Gasteiger partial charge in [0.1, 0.15) is 11.6 Å². The molecule has 2 fully saturated rings. The van der Waals surface area contributed by atoms with Crippen LogP contribution in [0, 0.1) is 5.92 Å². The summed E-state index contributed by atoms with van der Waals surface area (Å²) < 4.78 is 43.6. The van der Waals surface area contributed by atoms with Gasteiger partial charge >= 0.3 is 13.2 Å². The Labute approximate surface area is 239 Å². The van der Waals surface area contributed by atoms with Crippen molar-refractivity contribution in [2.24, 2.45) is 5.92 Å². The summed E-state index contributed by atoms with van der Waals surface area (Å²) in [5.41, 5.74) is -1.23. The summed E-state index contributed by atoms with van der Waals surface area (Å²) in [5, 5.41) is 2.45. The summed E-state index contributed by atoms with van der Waals surface area (Å²) in [6.07, 6.45) is 4.82. The Bertz CT molecular complexity index is 1150. The third kappa shape index (κ3) is 7.73. The van der Waals surface area contributed by atoms with Crippen molar-refractivity contribution >= 4 is 34.4 Å². The molecule has 2 amide bonds. The average Bonchev–Trinajstić information content (AvgIpc) is 3.06. The van der Waals surface area contributed by atoms with E-state index in [2.05, 4.69) is 15.3 Å². The number of hydrogen-bond acceptors (Lipinski definition) is 9. The van der Waals surface area contributed by atoms with Gasteiger partial charge < -0.3 is 24.3 Å². The molecule has 0 radical (unpaired) electrons. The van der Waals surface area contributed by atoms with Gasteiger partial charge in [-0.05, 0) is 80.1 Å². The van der Waals surface area contributed by atoms with E-state index in [0.29, 0.717) is 18.4 Å². The highest BCUT2D eigenvalue weighted by atomic mass is 32.2. The fourth-order valence-electron chi connectivity index (χ4n) is 4.69. The molecule has 0 aromatic carbocycles. The second-order valence-corrected chi connectivity index (χ2v) is 15.0. The minimum Gasteiger partial charge on any atom is -0.444 e. The molecule has 1 aromatic heterocycles. The topological polar surface area (TPSA) is 137 Å². The van der Waals surface area contributed by atoms with Gasteiger partial charge in [-0.25, -0.2) is 23.2 Å². The molecule has 3 rings (SSSR count). The molecule has 2 aliphatic heterocycles. The molecule has 0 aliphatic carbocycles. The molecular weight excluding hydrogens is 535 g/mol. The van der Waals surface area contributed by atoms with Crippen molar-refractivity contribution in [3.05, 3.63) is 12.4 Å². The van der Waals surface area contributed by atoms with Crippen LogP contribution in [-0.2, 0) is 28.7 Å². The average molecular weight is 581 g/mol. The van der Waals surface area contributed by atoms with Crippen molar-refractivity contribution in [3.8, 4) is 0 Å². The first-order chi connectivity index (χ1) is 18.3. The number of amides is 2. The largest absolute Gasteiger partial charge is 0.498 e. The number of carbonyl (C=O) groups excluding carboxylic acids is 2. The summed E-state index contributed by atoms with van der Waals surface area (Å²) >= 11 is 0. The van der Waals surface area contributed by atoms with E-state index in [4.69, 9.17) is 14.0 Å². The van der Waals surface area contributed by atoms with Gasteiger partial charge in [0.25, 0.3) is 0 Å². The lowest BCUT2D eigenvalue weighted by Gasteiger charge is -2.39. The van der Waals surface area contributed by atoms with E-state index in [1.54, 1.807) is 25.7 Å². The first kappa shape index (κ1) is 32.3. The quantitative estimate of drug-likeness (QED) is 0.364. The van der Waals surface area contributed by atoms with Gasteiger partial charge in [-0.1, -0.05) is 13.8 Å². The molecule has 11 nitrogen and oxygen atoms in total. The molecular formula is C27H45BN4O7S. The summed E-state index contributed by atoms with van der Waals surface area (Å²) in [6.45, 7) is 17.2. The number of hydrogen-bond donors (Lipinski definition) is 1. The van der Waals surface area contributed by atoms with Crippen molar-refractivity contribution in [2.75, 3.05) is 12.3 Å². The van der Waals surface area contributed by atoms with E-state index in [1.807, 2.05) is 41.5 Å². The molecule has 0 unspecified atom stereocenters. The molecule has 2 atom stereocenters. The number of alkyl carbamates (subject to hydrolysis) is 1. The van der Waals surface area contributed by atoms with Crippen molar-refractivity contribution in [1.82, 2.24) is 20.2 Å². The molecule has 224 valence electrons. The first-order valence-corrected chi connectivity index (χ1v) is 15.7. The zero-order valence-corrected chi connectivity index (χ0v) is 26.1. The van der Waals surface area contributed by atoms with Gasteiger partial charge in [-0.2, -0.15) is 0 Å². The summed E-state index contributed by atoms with van der Waals surface area (Å²) in [6, 6.07) is -1.06. The van der Waals surface area contributed by atoms with Crippen LogP contribution >= 0.6 is 0 Å². The Hall–Kier alpha value is -2.25. The van der Waals surface area contributed by atoms with E-state index in [0.717, 1.165) is 12.8 Å².